The van der Waals surface area contributed by atoms with Crippen LogP contribution in [-0.4, -0.2) is 126 Å². The van der Waals surface area contributed by atoms with Gasteiger partial charge in [0.1, 0.15) is 0 Å². The van der Waals surface area contributed by atoms with E-state index in [4.69, 9.17) is 0 Å². The zero-order valence-electron chi connectivity index (χ0n) is 45.3. The van der Waals surface area contributed by atoms with Gasteiger partial charge in [0.15, 0.2) is 0 Å². The molecule has 10 aliphatic rings. The van der Waals surface area contributed by atoms with E-state index in [9.17, 15) is 39.6 Å². The van der Waals surface area contributed by atoms with Crippen LogP contribution in [0.25, 0.3) is 0 Å². The molecule has 6 aliphatic carbocycles. The standard InChI is InChI=1S/C60H78N6O8.6ClH/c67-55(68)45(41-10-14-61-27-41)23-35-4-1-7-38(20-35)31-65(32-39-8-2-5-36(21-39)24-46(56(69)70)42-11-15-62-28-42)18-19-66(33-40-9-3-6-37(22-40)25-47(57(71)72)43-12-16-63-29-43)34-60-52-49-51-50(52)54(60)59(51,53(49)60)26-48(58(73)74)44-13-17-64-30-44;;;;;;/h1-9,20-22,41-54,61-64H,10-19,23-34H2,(H,67,68)(H,69,70)(H,71,72)(H,73,74);6*1H/t41-,42-,43-,44-,45-,46-,47-,48-,49?,50?,51?,52?,53?,54?,59?,60?;;;;;;/m0....../s1. The fourth-order valence-electron chi connectivity index (χ4n) is 18.3. The van der Waals surface area contributed by atoms with Crippen molar-refractivity contribution in [3.63, 3.8) is 0 Å². The van der Waals surface area contributed by atoms with Gasteiger partial charge in [-0.05, 0) is 207 Å². The number of carbonyl (C=O) groups is 4. The molecule has 12 atom stereocenters. The number of rotatable bonds is 27. The van der Waals surface area contributed by atoms with Crippen molar-refractivity contribution in [2.45, 2.75) is 71.0 Å². The van der Waals surface area contributed by atoms with Crippen molar-refractivity contribution in [1.82, 2.24) is 31.1 Å². The maximum absolute atomic E-state index is 12.9. The monoisotopic (exact) mass is 1230 g/mol. The van der Waals surface area contributed by atoms with Gasteiger partial charge in [-0.15, -0.1) is 74.4 Å². The molecular weight excluding hydrogens is 1150 g/mol. The number of hydrogen-bond acceptors (Lipinski definition) is 10. The van der Waals surface area contributed by atoms with Crippen LogP contribution in [0.3, 0.4) is 0 Å². The third kappa shape index (κ3) is 11.9. The van der Waals surface area contributed by atoms with E-state index in [-0.39, 0.29) is 115 Å². The Kier molecular flexibility index (Phi) is 22.7. The largest absolute Gasteiger partial charge is 0.481 e. The van der Waals surface area contributed by atoms with Crippen LogP contribution in [-0.2, 0) is 58.1 Å². The van der Waals surface area contributed by atoms with Crippen LogP contribution < -0.4 is 21.3 Å². The van der Waals surface area contributed by atoms with E-state index >= 15 is 0 Å². The predicted molar refractivity (Wildman–Crippen MR) is 322 cm³/mol. The lowest BCUT2D eigenvalue weighted by atomic mass is 8.91. The van der Waals surface area contributed by atoms with E-state index < -0.39 is 41.6 Å². The molecule has 0 amide bonds. The van der Waals surface area contributed by atoms with E-state index in [1.54, 1.807) is 0 Å². The predicted octanol–water partition coefficient (Wildman–Crippen LogP) is 7.72. The molecule has 14 nitrogen and oxygen atoms in total. The van der Waals surface area contributed by atoms with E-state index in [1.807, 2.05) is 0 Å². The number of nitrogens with one attached hydrogen (secondary N) is 4. The summed E-state index contributed by atoms with van der Waals surface area (Å²) in [4.78, 5) is 55.9. The molecular formula is C60H84Cl6N6O8. The second kappa shape index (κ2) is 27.4. The second-order valence-electron chi connectivity index (χ2n) is 24.9. The second-order valence-corrected chi connectivity index (χ2v) is 24.9. The molecule has 0 bridgehead atoms. The van der Waals surface area contributed by atoms with Crippen molar-refractivity contribution in [1.29, 1.82) is 0 Å². The van der Waals surface area contributed by atoms with E-state index in [1.165, 1.54) is 5.56 Å². The fourth-order valence-corrected chi connectivity index (χ4v) is 18.3. The van der Waals surface area contributed by atoms with Crippen LogP contribution in [0.1, 0.15) is 65.5 Å². The summed E-state index contributed by atoms with van der Waals surface area (Å²) >= 11 is 0. The number of carboxylic acids is 4. The molecule has 4 unspecified atom stereocenters. The molecule has 4 saturated heterocycles. The first-order chi connectivity index (χ1) is 35.9. The SMILES string of the molecule is Cl.Cl.Cl.Cl.Cl.Cl.O=C(O)[C@@H](Cc1cccc(CN(CCN(Cc2cccc(C[C@H](C(=O)O)[C@H]3CCNC3)c2)CC23C4C5C6C4C2C6(C[C@H](C(=O)O)[C@H]2CCNC2)C53)Cc2cccc(C[C@H](C(=O)O)[C@H]3CCNC3)c2)c1)[C@H]1CCNC1. The smallest absolute Gasteiger partial charge is 0.307 e. The maximum Gasteiger partial charge on any atom is 0.307 e. The van der Waals surface area contributed by atoms with Crippen LogP contribution in [0, 0.1) is 93.7 Å². The average molecular weight is 1230 g/mol. The number of nitrogens with zero attached hydrogens (tertiary/aromatic N) is 2. The quantitative estimate of drug-likeness (QED) is 0.0369. The topological polar surface area (TPSA) is 204 Å². The summed E-state index contributed by atoms with van der Waals surface area (Å²) in [5.74, 6) is 0.255. The molecule has 13 rings (SSSR count). The molecule has 4 aliphatic heterocycles. The number of carboxylic acid groups (broad SMARTS) is 4. The molecule has 10 fully saturated rings. The van der Waals surface area contributed by atoms with Crippen LogP contribution >= 0.6 is 74.4 Å². The maximum atomic E-state index is 12.9. The highest BCUT2D eigenvalue weighted by molar-refractivity contribution is 5.86. The van der Waals surface area contributed by atoms with Crippen molar-refractivity contribution in [3.8, 4) is 0 Å². The Labute approximate surface area is 508 Å². The number of hydrogen-bond donors (Lipinski definition) is 8. The van der Waals surface area contributed by atoms with Crippen molar-refractivity contribution < 1.29 is 39.6 Å². The zero-order valence-corrected chi connectivity index (χ0v) is 50.2. The molecule has 3 aromatic rings. The first-order valence-electron chi connectivity index (χ1n) is 28.3. The molecule has 0 spiro atoms. The Morgan fingerprint density at radius 2 is 0.762 bits per heavy atom. The van der Waals surface area contributed by atoms with Crippen LogP contribution in [0.4, 0.5) is 0 Å². The Hall–Kier alpha value is -2.96. The van der Waals surface area contributed by atoms with Gasteiger partial charge < -0.3 is 41.7 Å². The molecule has 3 aromatic carbocycles. The van der Waals surface area contributed by atoms with Gasteiger partial charge in [-0.1, -0.05) is 72.8 Å². The van der Waals surface area contributed by atoms with E-state index in [0.717, 1.165) is 162 Å². The van der Waals surface area contributed by atoms with Gasteiger partial charge in [-0.2, -0.15) is 0 Å². The number of halogens is 6. The summed E-state index contributed by atoms with van der Waals surface area (Å²) < 4.78 is 0. The minimum Gasteiger partial charge on any atom is -0.481 e. The van der Waals surface area contributed by atoms with Gasteiger partial charge in [-0.25, -0.2) is 0 Å². The van der Waals surface area contributed by atoms with Gasteiger partial charge >= 0.3 is 23.9 Å². The lowest BCUT2D eigenvalue weighted by Gasteiger charge is -3.12. The average Bonchev–Trinajstić information content (AvgIpc) is 0.582. The first-order valence-corrected chi connectivity index (χ1v) is 28.3. The van der Waals surface area contributed by atoms with E-state index in [0.29, 0.717) is 44.2 Å². The molecule has 4 heterocycles. The molecule has 444 valence electrons. The van der Waals surface area contributed by atoms with Crippen LogP contribution in [0.2, 0.25) is 0 Å². The summed E-state index contributed by atoms with van der Waals surface area (Å²) in [7, 11) is 0. The summed E-state index contributed by atoms with van der Waals surface area (Å²) in [5, 5.41) is 55.2. The van der Waals surface area contributed by atoms with Crippen molar-refractivity contribution in [3.05, 3.63) is 106 Å². The molecule has 0 radical (unpaired) electrons. The summed E-state index contributed by atoms with van der Waals surface area (Å²) in [6, 6.07) is 25.6. The summed E-state index contributed by atoms with van der Waals surface area (Å²) in [6.07, 6.45) is 5.85. The minimum absolute atomic E-state index is 0. The highest BCUT2D eigenvalue weighted by Crippen LogP contribution is 3.11. The summed E-state index contributed by atoms with van der Waals surface area (Å²) in [6.45, 7) is 11.0. The van der Waals surface area contributed by atoms with Gasteiger partial charge in [0, 0.05) is 39.3 Å². The lowest BCUT2D eigenvalue weighted by Crippen LogP contribution is -3.10. The first kappa shape index (κ1) is 66.2. The van der Waals surface area contributed by atoms with Gasteiger partial charge in [0.25, 0.3) is 0 Å². The van der Waals surface area contributed by atoms with Crippen molar-refractivity contribution in [2.75, 3.05) is 72.0 Å². The fraction of sp³-hybridized carbons (Fsp3) is 0.633. The van der Waals surface area contributed by atoms with Crippen molar-refractivity contribution >= 4 is 98.3 Å². The normalized spacial score (nSPS) is 31.6. The Morgan fingerprint density at radius 3 is 1.10 bits per heavy atom. The molecule has 80 heavy (non-hydrogen) atoms. The Morgan fingerprint density at radius 1 is 0.450 bits per heavy atom. The lowest BCUT2D eigenvalue weighted by molar-refractivity contribution is -0.661. The molecule has 0 aromatic heterocycles. The summed E-state index contributed by atoms with van der Waals surface area (Å²) in [5.41, 5.74) is 7.01. The van der Waals surface area contributed by atoms with E-state index in [2.05, 4.69) is 104 Å². The van der Waals surface area contributed by atoms with Crippen molar-refractivity contribution in [2.24, 2.45) is 93.7 Å². The van der Waals surface area contributed by atoms with Crippen LogP contribution in [0.5, 0.6) is 0 Å². The minimum atomic E-state index is -0.742. The van der Waals surface area contributed by atoms with Gasteiger partial charge in [0.05, 0.1) is 23.7 Å². The highest BCUT2D eigenvalue weighted by atomic mass is 35.5. The number of benzene rings is 3. The molecule has 20 heteroatoms. The van der Waals surface area contributed by atoms with Crippen LogP contribution in [0.15, 0.2) is 72.8 Å². The van der Waals surface area contributed by atoms with Gasteiger partial charge in [0.2, 0.25) is 0 Å². The third-order valence-corrected chi connectivity index (χ3v) is 21.3. The van der Waals surface area contributed by atoms with Gasteiger partial charge in [-0.3, -0.25) is 29.0 Å². The third-order valence-electron chi connectivity index (χ3n) is 21.3. The number of aliphatic carboxylic acids is 4. The molecule has 8 N–H and O–H groups in total. The highest BCUT2D eigenvalue weighted by Gasteiger charge is 3.09. The molecule has 6 saturated carbocycles. The zero-order chi connectivity index (χ0) is 50.9. The Balaban J connectivity index is 0.00000172. The Bertz CT molecular complexity index is 2510.